The van der Waals surface area contributed by atoms with Crippen molar-refractivity contribution in [3.8, 4) is 0 Å². The number of fused-ring (bicyclic) bond motifs is 2. The summed E-state index contributed by atoms with van der Waals surface area (Å²) in [6.07, 6.45) is 3.95. The van der Waals surface area contributed by atoms with E-state index in [1.807, 2.05) is 71.4 Å². The molecule has 1 aliphatic rings. The molecule has 5 rings (SSSR count). The van der Waals surface area contributed by atoms with Crippen molar-refractivity contribution in [2.45, 2.75) is 6.54 Å². The molecule has 0 saturated carbocycles. The number of rotatable bonds is 3. The van der Waals surface area contributed by atoms with E-state index in [0.29, 0.717) is 17.7 Å². The summed E-state index contributed by atoms with van der Waals surface area (Å²) in [5.41, 5.74) is 5.12. The lowest BCUT2D eigenvalue weighted by molar-refractivity contribution is -0.112. The molecule has 1 amide bonds. The van der Waals surface area contributed by atoms with Crippen molar-refractivity contribution in [1.82, 2.24) is 4.57 Å². The molecule has 3 nitrogen and oxygen atoms in total. The van der Waals surface area contributed by atoms with Crippen LogP contribution in [0.15, 0.2) is 79.0 Å². The second-order valence-electron chi connectivity index (χ2n) is 7.26. The van der Waals surface area contributed by atoms with Crippen LogP contribution >= 0.6 is 0 Å². The minimum atomic E-state index is -0.216. The van der Waals surface area contributed by atoms with Crippen molar-refractivity contribution in [2.24, 2.45) is 0 Å². The third-order valence-corrected chi connectivity index (χ3v) is 5.51. The molecule has 0 atom stereocenters. The predicted octanol–water partition coefficient (Wildman–Crippen LogP) is 5.35. The molecule has 2 heterocycles. The second-order valence-corrected chi connectivity index (χ2v) is 7.26. The van der Waals surface area contributed by atoms with E-state index < -0.39 is 0 Å². The summed E-state index contributed by atoms with van der Waals surface area (Å²) < 4.78 is 16.2. The number of hydrogen-bond donors (Lipinski definition) is 0. The number of benzene rings is 3. The van der Waals surface area contributed by atoms with E-state index in [0.717, 1.165) is 27.7 Å². The third-order valence-electron chi connectivity index (χ3n) is 5.51. The minimum Gasteiger partial charge on any atom is -0.342 e. The Morgan fingerprint density at radius 3 is 2.52 bits per heavy atom. The van der Waals surface area contributed by atoms with Crippen LogP contribution in [0.25, 0.3) is 22.6 Å². The highest BCUT2D eigenvalue weighted by Gasteiger charge is 2.29. The molecular weight excluding hydrogens is 363 g/mol. The normalized spacial score (nSPS) is 14.8. The predicted molar refractivity (Wildman–Crippen MR) is 115 cm³/mol. The molecule has 142 valence electrons. The van der Waals surface area contributed by atoms with E-state index in [1.54, 1.807) is 24.1 Å². The van der Waals surface area contributed by atoms with Crippen molar-refractivity contribution >= 4 is 34.1 Å². The van der Waals surface area contributed by atoms with Gasteiger partial charge in [-0.2, -0.15) is 0 Å². The molecule has 0 bridgehead atoms. The first kappa shape index (κ1) is 17.4. The molecular formula is C25H19FN2O. The van der Waals surface area contributed by atoms with Gasteiger partial charge in [0.2, 0.25) is 0 Å². The average Bonchev–Trinajstić information content (AvgIpc) is 3.21. The van der Waals surface area contributed by atoms with Crippen LogP contribution in [0.2, 0.25) is 0 Å². The maximum absolute atomic E-state index is 14.2. The highest BCUT2D eigenvalue weighted by atomic mass is 19.1. The third kappa shape index (κ3) is 2.85. The molecule has 0 aliphatic carbocycles. The first-order valence-corrected chi connectivity index (χ1v) is 9.54. The zero-order valence-electron chi connectivity index (χ0n) is 16.0. The van der Waals surface area contributed by atoms with Gasteiger partial charge < -0.3 is 9.47 Å². The summed E-state index contributed by atoms with van der Waals surface area (Å²) in [6, 6.07) is 22.6. The van der Waals surface area contributed by atoms with E-state index in [-0.39, 0.29) is 11.7 Å². The van der Waals surface area contributed by atoms with Crippen LogP contribution in [0.4, 0.5) is 10.1 Å². The van der Waals surface area contributed by atoms with Gasteiger partial charge in [0.1, 0.15) is 5.82 Å². The van der Waals surface area contributed by atoms with Gasteiger partial charge >= 0.3 is 0 Å². The Labute approximate surface area is 168 Å². The van der Waals surface area contributed by atoms with Crippen molar-refractivity contribution in [1.29, 1.82) is 0 Å². The molecule has 1 aliphatic heterocycles. The van der Waals surface area contributed by atoms with E-state index in [2.05, 4.69) is 0 Å². The summed E-state index contributed by atoms with van der Waals surface area (Å²) in [7, 11) is 1.80. The molecule has 0 N–H and O–H groups in total. The Hall–Kier alpha value is -3.66. The lowest BCUT2D eigenvalue weighted by Crippen LogP contribution is -2.20. The van der Waals surface area contributed by atoms with E-state index in [1.165, 1.54) is 6.07 Å². The number of hydrogen-bond acceptors (Lipinski definition) is 1. The quantitative estimate of drug-likeness (QED) is 0.439. The Balaban J connectivity index is 1.65. The molecule has 1 aromatic heterocycles. The van der Waals surface area contributed by atoms with E-state index in [4.69, 9.17) is 0 Å². The van der Waals surface area contributed by atoms with Gasteiger partial charge in [-0.05, 0) is 24.3 Å². The monoisotopic (exact) mass is 382 g/mol. The topological polar surface area (TPSA) is 25.2 Å². The maximum Gasteiger partial charge on any atom is 0.258 e. The van der Waals surface area contributed by atoms with Gasteiger partial charge in [-0.25, -0.2) is 4.39 Å². The van der Waals surface area contributed by atoms with Gasteiger partial charge in [-0.3, -0.25) is 4.79 Å². The van der Waals surface area contributed by atoms with Crippen molar-refractivity contribution in [3.63, 3.8) is 0 Å². The fourth-order valence-electron chi connectivity index (χ4n) is 4.03. The van der Waals surface area contributed by atoms with E-state index >= 15 is 0 Å². The molecule has 0 fully saturated rings. The highest BCUT2D eigenvalue weighted by molar-refractivity contribution is 6.36. The maximum atomic E-state index is 14.2. The largest absolute Gasteiger partial charge is 0.342 e. The molecule has 4 heteroatoms. The molecule has 4 aromatic rings. The molecule has 29 heavy (non-hydrogen) atoms. The number of likely N-dealkylation sites (N-methyl/N-ethyl adjacent to an activating group) is 1. The van der Waals surface area contributed by atoms with Gasteiger partial charge in [0.15, 0.2) is 0 Å². The Kier molecular flexibility index (Phi) is 4.06. The van der Waals surface area contributed by atoms with Crippen LogP contribution < -0.4 is 4.90 Å². The summed E-state index contributed by atoms with van der Waals surface area (Å²) in [4.78, 5) is 14.5. The zero-order valence-corrected chi connectivity index (χ0v) is 16.0. The number of para-hydroxylation sites is 2. The summed E-state index contributed by atoms with van der Waals surface area (Å²) in [5, 5.41) is 1.04. The fraction of sp³-hybridized carbons (Fsp3) is 0.0800. The SMILES string of the molecule is CN1C(=O)C(=Cc2cn(Cc3ccccc3F)c3ccccc23)c2ccccc21. The fourth-order valence-corrected chi connectivity index (χ4v) is 4.03. The lowest BCUT2D eigenvalue weighted by Gasteiger charge is -2.07. The van der Waals surface area contributed by atoms with Crippen LogP contribution in [0, 0.1) is 5.82 Å². The van der Waals surface area contributed by atoms with Gasteiger partial charge in [-0.1, -0.05) is 54.6 Å². The number of carbonyl (C=O) groups excluding carboxylic acids is 1. The molecule has 0 unspecified atom stereocenters. The van der Waals surface area contributed by atoms with Gasteiger partial charge in [0.05, 0.1) is 12.2 Å². The molecule has 0 spiro atoms. The summed E-state index contributed by atoms with van der Waals surface area (Å²) >= 11 is 0. The number of anilines is 1. The first-order valence-electron chi connectivity index (χ1n) is 9.54. The van der Waals surface area contributed by atoms with Crippen LogP contribution in [0.5, 0.6) is 0 Å². The standard InChI is InChI=1S/C25H19FN2O/c1-27-23-12-6-4-10-20(23)21(25(27)29)14-18-16-28(24-13-7-3-9-19(18)24)15-17-8-2-5-11-22(17)26/h2-14,16H,15H2,1H3. The number of amides is 1. The van der Waals surface area contributed by atoms with Gasteiger partial charge in [0.25, 0.3) is 5.91 Å². The lowest BCUT2D eigenvalue weighted by atomic mass is 10.0. The molecule has 0 radical (unpaired) electrons. The first-order chi connectivity index (χ1) is 14.1. The number of aromatic nitrogens is 1. The van der Waals surface area contributed by atoms with Crippen LogP contribution in [-0.2, 0) is 11.3 Å². The van der Waals surface area contributed by atoms with Crippen molar-refractivity contribution in [2.75, 3.05) is 11.9 Å². The number of carbonyl (C=O) groups is 1. The van der Waals surface area contributed by atoms with Crippen LogP contribution in [0.3, 0.4) is 0 Å². The highest BCUT2D eigenvalue weighted by Crippen LogP contribution is 2.37. The van der Waals surface area contributed by atoms with Crippen molar-refractivity contribution < 1.29 is 9.18 Å². The smallest absolute Gasteiger partial charge is 0.258 e. The number of nitrogens with zero attached hydrogens (tertiary/aromatic N) is 2. The van der Waals surface area contributed by atoms with Crippen molar-refractivity contribution in [3.05, 3.63) is 102 Å². The average molecular weight is 382 g/mol. The Bertz CT molecular complexity index is 1280. The minimum absolute atomic E-state index is 0.0165. The Morgan fingerprint density at radius 2 is 1.66 bits per heavy atom. The van der Waals surface area contributed by atoms with Crippen LogP contribution in [0.1, 0.15) is 16.7 Å². The Morgan fingerprint density at radius 1 is 0.931 bits per heavy atom. The van der Waals surface area contributed by atoms with Gasteiger partial charge in [-0.15, -0.1) is 0 Å². The molecule has 0 saturated heterocycles. The summed E-state index contributed by atoms with van der Waals surface area (Å²) in [5.74, 6) is -0.233. The molecule has 3 aromatic carbocycles. The summed E-state index contributed by atoms with van der Waals surface area (Å²) in [6.45, 7) is 0.431. The van der Waals surface area contributed by atoms with E-state index in [9.17, 15) is 9.18 Å². The number of halogens is 1. The van der Waals surface area contributed by atoms with Gasteiger partial charge in [0, 0.05) is 46.4 Å². The zero-order chi connectivity index (χ0) is 20.0. The second kappa shape index (κ2) is 6.74. The van der Waals surface area contributed by atoms with Crippen LogP contribution in [-0.4, -0.2) is 17.5 Å².